The van der Waals surface area contributed by atoms with Gasteiger partial charge in [0, 0.05) is 13.0 Å². The zero-order valence-electron chi connectivity index (χ0n) is 9.40. The van der Waals surface area contributed by atoms with Gasteiger partial charge in [-0.05, 0) is 30.2 Å². The minimum atomic E-state index is -0.643. The summed E-state index contributed by atoms with van der Waals surface area (Å²) < 4.78 is 11.2. The number of ether oxygens (including phenoxy) is 2. The third kappa shape index (κ3) is 2.13. The summed E-state index contributed by atoms with van der Waals surface area (Å²) in [5.74, 6) is 1.49. The molecule has 0 aliphatic carbocycles. The SMILES string of the molecule is Cc1cc(C(O)CN)cc2c1OCCCO2. The number of benzene rings is 1. The first-order valence-electron chi connectivity index (χ1n) is 5.50. The van der Waals surface area contributed by atoms with E-state index in [0.29, 0.717) is 19.0 Å². The van der Waals surface area contributed by atoms with Gasteiger partial charge in [0.05, 0.1) is 19.3 Å². The fourth-order valence-corrected chi connectivity index (χ4v) is 1.80. The Morgan fingerprint density at radius 3 is 2.88 bits per heavy atom. The molecule has 1 aliphatic rings. The first-order valence-corrected chi connectivity index (χ1v) is 5.50. The van der Waals surface area contributed by atoms with E-state index < -0.39 is 6.10 Å². The van der Waals surface area contributed by atoms with Gasteiger partial charge in [0.1, 0.15) is 0 Å². The van der Waals surface area contributed by atoms with E-state index >= 15 is 0 Å². The zero-order chi connectivity index (χ0) is 11.5. The molecule has 0 radical (unpaired) electrons. The van der Waals surface area contributed by atoms with Crippen LogP contribution in [-0.2, 0) is 0 Å². The fourth-order valence-electron chi connectivity index (χ4n) is 1.80. The predicted octanol–water partition coefficient (Wildman–Crippen LogP) is 1.15. The Balaban J connectivity index is 2.39. The van der Waals surface area contributed by atoms with Crippen LogP contribution in [-0.4, -0.2) is 24.9 Å². The molecule has 2 rings (SSSR count). The summed E-state index contributed by atoms with van der Waals surface area (Å²) in [4.78, 5) is 0. The van der Waals surface area contributed by atoms with Gasteiger partial charge in [-0.25, -0.2) is 0 Å². The molecule has 0 saturated carbocycles. The van der Waals surface area contributed by atoms with Crippen molar-refractivity contribution >= 4 is 0 Å². The molecule has 1 atom stereocenters. The quantitative estimate of drug-likeness (QED) is 0.789. The van der Waals surface area contributed by atoms with Crippen molar-refractivity contribution < 1.29 is 14.6 Å². The second-order valence-electron chi connectivity index (χ2n) is 3.97. The summed E-state index contributed by atoms with van der Waals surface area (Å²) in [6, 6.07) is 3.70. The lowest BCUT2D eigenvalue weighted by molar-refractivity contribution is 0.186. The average Bonchev–Trinajstić information content (AvgIpc) is 2.53. The van der Waals surface area contributed by atoms with Crippen molar-refractivity contribution in [1.82, 2.24) is 0 Å². The van der Waals surface area contributed by atoms with Gasteiger partial charge < -0.3 is 20.3 Å². The molecule has 16 heavy (non-hydrogen) atoms. The monoisotopic (exact) mass is 223 g/mol. The Labute approximate surface area is 95.0 Å². The van der Waals surface area contributed by atoms with Gasteiger partial charge in [-0.1, -0.05) is 0 Å². The summed E-state index contributed by atoms with van der Waals surface area (Å²) in [7, 11) is 0. The summed E-state index contributed by atoms with van der Waals surface area (Å²) in [6.45, 7) is 3.47. The molecule has 1 heterocycles. The van der Waals surface area contributed by atoms with Crippen LogP contribution in [0.2, 0.25) is 0 Å². The van der Waals surface area contributed by atoms with E-state index in [-0.39, 0.29) is 6.54 Å². The highest BCUT2D eigenvalue weighted by molar-refractivity contribution is 5.49. The van der Waals surface area contributed by atoms with Crippen molar-refractivity contribution in [3.05, 3.63) is 23.3 Å². The van der Waals surface area contributed by atoms with Gasteiger partial charge in [-0.2, -0.15) is 0 Å². The molecule has 1 aromatic carbocycles. The largest absolute Gasteiger partial charge is 0.490 e. The molecule has 0 fully saturated rings. The number of hydrogen-bond donors (Lipinski definition) is 2. The van der Waals surface area contributed by atoms with Gasteiger partial charge in [0.2, 0.25) is 0 Å². The van der Waals surface area contributed by atoms with E-state index in [0.717, 1.165) is 23.3 Å². The minimum Gasteiger partial charge on any atom is -0.490 e. The van der Waals surface area contributed by atoms with E-state index in [1.807, 2.05) is 19.1 Å². The first kappa shape index (κ1) is 11.2. The standard InChI is InChI=1S/C12H17NO3/c1-8-5-9(10(14)7-13)6-11-12(8)16-4-2-3-15-11/h5-6,10,14H,2-4,7,13H2,1H3. The molecule has 88 valence electrons. The number of nitrogens with two attached hydrogens (primary N) is 1. The Morgan fingerprint density at radius 2 is 2.12 bits per heavy atom. The zero-order valence-corrected chi connectivity index (χ0v) is 9.40. The van der Waals surface area contributed by atoms with Crippen LogP contribution < -0.4 is 15.2 Å². The normalized spacial score (nSPS) is 16.7. The maximum atomic E-state index is 9.70. The summed E-state index contributed by atoms with van der Waals surface area (Å²) in [5.41, 5.74) is 7.19. The molecular weight excluding hydrogens is 206 g/mol. The van der Waals surface area contributed by atoms with Crippen molar-refractivity contribution in [2.24, 2.45) is 5.73 Å². The third-order valence-corrected chi connectivity index (χ3v) is 2.66. The van der Waals surface area contributed by atoms with E-state index in [2.05, 4.69) is 0 Å². The minimum absolute atomic E-state index is 0.207. The third-order valence-electron chi connectivity index (χ3n) is 2.66. The highest BCUT2D eigenvalue weighted by Gasteiger charge is 2.16. The van der Waals surface area contributed by atoms with Gasteiger partial charge in [-0.15, -0.1) is 0 Å². The van der Waals surface area contributed by atoms with Crippen LogP contribution in [0.3, 0.4) is 0 Å². The van der Waals surface area contributed by atoms with Crippen molar-refractivity contribution in [2.45, 2.75) is 19.4 Å². The summed E-state index contributed by atoms with van der Waals surface area (Å²) >= 11 is 0. The highest BCUT2D eigenvalue weighted by atomic mass is 16.5. The Bertz CT molecular complexity index is 379. The number of aryl methyl sites for hydroxylation is 1. The van der Waals surface area contributed by atoms with E-state index in [1.54, 1.807) is 0 Å². The van der Waals surface area contributed by atoms with Crippen LogP contribution in [0.4, 0.5) is 0 Å². The van der Waals surface area contributed by atoms with Crippen LogP contribution in [0.5, 0.6) is 11.5 Å². The maximum Gasteiger partial charge on any atom is 0.164 e. The molecule has 4 heteroatoms. The van der Waals surface area contributed by atoms with E-state index in [9.17, 15) is 5.11 Å². The van der Waals surface area contributed by atoms with E-state index in [4.69, 9.17) is 15.2 Å². The van der Waals surface area contributed by atoms with Gasteiger partial charge >= 0.3 is 0 Å². The molecule has 1 aliphatic heterocycles. The number of aliphatic hydroxyl groups excluding tert-OH is 1. The summed E-state index contributed by atoms with van der Waals surface area (Å²) in [6.07, 6.45) is 0.235. The van der Waals surface area contributed by atoms with Crippen LogP contribution in [0.1, 0.15) is 23.7 Å². The van der Waals surface area contributed by atoms with Crippen LogP contribution in [0.25, 0.3) is 0 Å². The van der Waals surface area contributed by atoms with E-state index in [1.165, 1.54) is 0 Å². The molecular formula is C12H17NO3. The second-order valence-corrected chi connectivity index (χ2v) is 3.97. The second kappa shape index (κ2) is 4.72. The average molecular weight is 223 g/mol. The summed E-state index contributed by atoms with van der Waals surface area (Å²) in [5, 5.41) is 9.70. The fraction of sp³-hybridized carbons (Fsp3) is 0.500. The van der Waals surface area contributed by atoms with Gasteiger partial charge in [-0.3, -0.25) is 0 Å². The topological polar surface area (TPSA) is 64.7 Å². The van der Waals surface area contributed by atoms with Crippen LogP contribution in [0.15, 0.2) is 12.1 Å². The number of fused-ring (bicyclic) bond motifs is 1. The first-order chi connectivity index (χ1) is 7.72. The highest BCUT2D eigenvalue weighted by Crippen LogP contribution is 2.35. The van der Waals surface area contributed by atoms with Gasteiger partial charge in [0.25, 0.3) is 0 Å². The Morgan fingerprint density at radius 1 is 1.38 bits per heavy atom. The van der Waals surface area contributed by atoms with Crippen molar-refractivity contribution in [1.29, 1.82) is 0 Å². The molecule has 0 amide bonds. The van der Waals surface area contributed by atoms with Crippen molar-refractivity contribution in [3.63, 3.8) is 0 Å². The van der Waals surface area contributed by atoms with Crippen LogP contribution >= 0.6 is 0 Å². The molecule has 0 aromatic heterocycles. The predicted molar refractivity (Wildman–Crippen MR) is 60.8 cm³/mol. The molecule has 1 unspecified atom stereocenters. The number of aliphatic hydroxyl groups is 1. The Kier molecular flexibility index (Phi) is 3.31. The molecule has 0 saturated heterocycles. The Hall–Kier alpha value is -1.26. The molecule has 3 N–H and O–H groups in total. The smallest absolute Gasteiger partial charge is 0.164 e. The lowest BCUT2D eigenvalue weighted by Crippen LogP contribution is -2.12. The lowest BCUT2D eigenvalue weighted by Gasteiger charge is -2.15. The van der Waals surface area contributed by atoms with Crippen molar-refractivity contribution in [2.75, 3.05) is 19.8 Å². The molecule has 1 aromatic rings. The molecule has 4 nitrogen and oxygen atoms in total. The molecule has 0 spiro atoms. The maximum absolute atomic E-state index is 9.70. The van der Waals surface area contributed by atoms with Gasteiger partial charge in [0.15, 0.2) is 11.5 Å². The molecule has 0 bridgehead atoms. The van der Waals surface area contributed by atoms with Crippen LogP contribution in [0, 0.1) is 6.92 Å². The number of rotatable bonds is 2. The van der Waals surface area contributed by atoms with Crippen molar-refractivity contribution in [3.8, 4) is 11.5 Å². The number of hydrogen-bond acceptors (Lipinski definition) is 4. The lowest BCUT2D eigenvalue weighted by atomic mass is 10.0.